The van der Waals surface area contributed by atoms with Crippen molar-refractivity contribution in [2.75, 3.05) is 33.4 Å². The van der Waals surface area contributed by atoms with Crippen molar-refractivity contribution in [3.8, 4) is 0 Å². The van der Waals surface area contributed by atoms with Crippen molar-refractivity contribution in [1.29, 1.82) is 0 Å². The molecule has 0 aromatic rings. The zero-order chi connectivity index (χ0) is 9.94. The summed E-state index contributed by atoms with van der Waals surface area (Å²) >= 11 is 0. The second kappa shape index (κ2) is 10.0. The molecule has 0 saturated carbocycles. The third-order valence-corrected chi connectivity index (χ3v) is 2.47. The maximum atomic E-state index is 5.00. The van der Waals surface area contributed by atoms with Gasteiger partial charge in [-0.25, -0.2) is 0 Å². The number of rotatable bonds is 9. The van der Waals surface area contributed by atoms with E-state index >= 15 is 0 Å². The maximum absolute atomic E-state index is 5.00. The summed E-state index contributed by atoms with van der Waals surface area (Å²) in [5.41, 5.74) is 0. The normalized spacial score (nSPS) is 11.1. The molecule has 2 nitrogen and oxygen atoms in total. The summed E-state index contributed by atoms with van der Waals surface area (Å²) in [6.45, 7) is 9.03. The van der Waals surface area contributed by atoms with Crippen LogP contribution in [0.1, 0.15) is 39.5 Å². The Morgan fingerprint density at radius 2 is 1.54 bits per heavy atom. The third kappa shape index (κ3) is 8.26. The number of hydrogen-bond donors (Lipinski definition) is 0. The molecule has 0 radical (unpaired) electrons. The van der Waals surface area contributed by atoms with Gasteiger partial charge in [0.2, 0.25) is 0 Å². The van der Waals surface area contributed by atoms with Crippen molar-refractivity contribution in [2.24, 2.45) is 0 Å². The molecule has 0 bridgehead atoms. The van der Waals surface area contributed by atoms with Crippen molar-refractivity contribution in [2.45, 2.75) is 39.5 Å². The molecule has 80 valence electrons. The highest BCUT2D eigenvalue weighted by Crippen LogP contribution is 2.01. The predicted octanol–water partition coefficient (Wildman–Crippen LogP) is 2.54. The average molecular weight is 187 g/mol. The molecule has 2 heteroatoms. The second-order valence-corrected chi connectivity index (χ2v) is 3.43. The predicted molar refractivity (Wildman–Crippen MR) is 58.1 cm³/mol. The van der Waals surface area contributed by atoms with Gasteiger partial charge in [0.05, 0.1) is 0 Å². The Hall–Kier alpha value is -0.0800. The summed E-state index contributed by atoms with van der Waals surface area (Å²) in [5.74, 6) is 0. The maximum Gasteiger partial charge on any atom is 0.0462 e. The monoisotopic (exact) mass is 187 g/mol. The van der Waals surface area contributed by atoms with Gasteiger partial charge in [0, 0.05) is 13.7 Å². The summed E-state index contributed by atoms with van der Waals surface area (Å²) in [6.07, 6.45) is 5.22. The van der Waals surface area contributed by atoms with E-state index in [4.69, 9.17) is 4.74 Å². The molecule has 0 aliphatic heterocycles. The Labute approximate surface area is 83.3 Å². The number of nitrogens with zero attached hydrogens (tertiary/aromatic N) is 1. The third-order valence-electron chi connectivity index (χ3n) is 2.47. The quantitative estimate of drug-likeness (QED) is 0.514. The molecular weight excluding hydrogens is 162 g/mol. The van der Waals surface area contributed by atoms with E-state index in [1.54, 1.807) is 7.11 Å². The van der Waals surface area contributed by atoms with Crippen LogP contribution in [0.3, 0.4) is 0 Å². The van der Waals surface area contributed by atoms with Gasteiger partial charge < -0.3 is 9.64 Å². The van der Waals surface area contributed by atoms with Crippen molar-refractivity contribution in [1.82, 2.24) is 4.90 Å². The average Bonchev–Trinajstić information content (AvgIpc) is 2.17. The minimum Gasteiger partial charge on any atom is -0.385 e. The lowest BCUT2D eigenvalue weighted by Gasteiger charge is -2.17. The Kier molecular flexibility index (Phi) is 9.94. The van der Waals surface area contributed by atoms with Crippen LogP contribution < -0.4 is 0 Å². The van der Waals surface area contributed by atoms with Gasteiger partial charge in [-0.2, -0.15) is 0 Å². The fraction of sp³-hybridized carbons (Fsp3) is 1.00. The summed E-state index contributed by atoms with van der Waals surface area (Å²) in [4.78, 5) is 2.48. The molecule has 13 heavy (non-hydrogen) atoms. The van der Waals surface area contributed by atoms with E-state index in [-0.39, 0.29) is 0 Å². The van der Waals surface area contributed by atoms with Crippen molar-refractivity contribution >= 4 is 0 Å². The van der Waals surface area contributed by atoms with E-state index in [0.29, 0.717) is 0 Å². The zero-order valence-electron chi connectivity index (χ0n) is 9.51. The van der Waals surface area contributed by atoms with Gasteiger partial charge in [-0.15, -0.1) is 0 Å². The number of unbranched alkanes of at least 4 members (excludes halogenated alkanes) is 3. The van der Waals surface area contributed by atoms with Gasteiger partial charge in [-0.3, -0.25) is 0 Å². The van der Waals surface area contributed by atoms with Gasteiger partial charge in [0.15, 0.2) is 0 Å². The minimum atomic E-state index is 0.922. The van der Waals surface area contributed by atoms with E-state index in [0.717, 1.165) is 6.61 Å². The Balaban J connectivity index is 3.05. The lowest BCUT2D eigenvalue weighted by Crippen LogP contribution is -2.23. The van der Waals surface area contributed by atoms with Crippen molar-refractivity contribution < 1.29 is 4.74 Å². The smallest absolute Gasteiger partial charge is 0.0462 e. The van der Waals surface area contributed by atoms with Crippen LogP contribution in [0.5, 0.6) is 0 Å². The highest BCUT2D eigenvalue weighted by Gasteiger charge is 1.97. The van der Waals surface area contributed by atoms with Crippen LogP contribution in [0.2, 0.25) is 0 Å². The van der Waals surface area contributed by atoms with E-state index in [2.05, 4.69) is 18.7 Å². The molecule has 0 aliphatic rings. The molecular formula is C11H25NO. The fourth-order valence-electron chi connectivity index (χ4n) is 1.48. The first kappa shape index (κ1) is 12.9. The lowest BCUT2D eigenvalue weighted by atomic mass is 10.2. The van der Waals surface area contributed by atoms with Crippen molar-refractivity contribution in [3.63, 3.8) is 0 Å². The minimum absolute atomic E-state index is 0.922. The van der Waals surface area contributed by atoms with Gasteiger partial charge in [-0.05, 0) is 32.5 Å². The van der Waals surface area contributed by atoms with E-state index in [1.807, 2.05) is 0 Å². The number of hydrogen-bond acceptors (Lipinski definition) is 2. The fourth-order valence-corrected chi connectivity index (χ4v) is 1.48. The first-order valence-electron chi connectivity index (χ1n) is 5.56. The SMILES string of the molecule is CCN(CC)CCCCCCOC. The Morgan fingerprint density at radius 3 is 2.08 bits per heavy atom. The van der Waals surface area contributed by atoms with Crippen LogP contribution in [0, 0.1) is 0 Å². The standard InChI is InChI=1S/C11H25NO/c1-4-12(5-2)10-8-6-7-9-11-13-3/h4-11H2,1-3H3. The largest absolute Gasteiger partial charge is 0.385 e. The van der Waals surface area contributed by atoms with E-state index in [9.17, 15) is 0 Å². The molecule has 0 heterocycles. The van der Waals surface area contributed by atoms with Crippen LogP contribution >= 0.6 is 0 Å². The summed E-state index contributed by atoms with van der Waals surface area (Å²) < 4.78 is 5.00. The van der Waals surface area contributed by atoms with Crippen LogP contribution in [0.25, 0.3) is 0 Å². The molecule has 0 rings (SSSR count). The van der Waals surface area contributed by atoms with Gasteiger partial charge in [-0.1, -0.05) is 26.7 Å². The Morgan fingerprint density at radius 1 is 0.923 bits per heavy atom. The summed E-state index contributed by atoms with van der Waals surface area (Å²) in [5, 5.41) is 0. The van der Waals surface area contributed by atoms with Gasteiger partial charge in [0.25, 0.3) is 0 Å². The van der Waals surface area contributed by atoms with E-state index in [1.165, 1.54) is 45.3 Å². The van der Waals surface area contributed by atoms with Crippen LogP contribution in [-0.4, -0.2) is 38.3 Å². The topological polar surface area (TPSA) is 12.5 Å². The van der Waals surface area contributed by atoms with Crippen LogP contribution in [0.15, 0.2) is 0 Å². The molecule has 0 aromatic heterocycles. The van der Waals surface area contributed by atoms with Gasteiger partial charge in [0.1, 0.15) is 0 Å². The van der Waals surface area contributed by atoms with Gasteiger partial charge >= 0.3 is 0 Å². The summed E-state index contributed by atoms with van der Waals surface area (Å²) in [6, 6.07) is 0. The zero-order valence-corrected chi connectivity index (χ0v) is 9.51. The molecule has 0 aromatic carbocycles. The lowest BCUT2D eigenvalue weighted by molar-refractivity contribution is 0.191. The van der Waals surface area contributed by atoms with E-state index < -0.39 is 0 Å². The van der Waals surface area contributed by atoms with Crippen LogP contribution in [0.4, 0.5) is 0 Å². The Bertz CT molecular complexity index is 92.1. The molecule has 0 spiro atoms. The molecule has 0 saturated heterocycles. The molecule has 0 atom stereocenters. The molecule has 0 aliphatic carbocycles. The molecule has 0 unspecified atom stereocenters. The molecule has 0 amide bonds. The first-order chi connectivity index (χ1) is 6.35. The number of ether oxygens (including phenoxy) is 1. The summed E-state index contributed by atoms with van der Waals surface area (Å²) in [7, 11) is 1.77. The highest BCUT2D eigenvalue weighted by molar-refractivity contribution is 4.52. The first-order valence-corrected chi connectivity index (χ1v) is 5.56. The van der Waals surface area contributed by atoms with Crippen molar-refractivity contribution in [3.05, 3.63) is 0 Å². The number of methoxy groups -OCH3 is 1. The highest BCUT2D eigenvalue weighted by atomic mass is 16.5. The molecule has 0 N–H and O–H groups in total. The molecule has 0 fully saturated rings. The second-order valence-electron chi connectivity index (χ2n) is 3.43. The van der Waals surface area contributed by atoms with Crippen LogP contribution in [-0.2, 0) is 4.74 Å².